The number of ether oxygens (including phenoxy) is 2. The Balaban J connectivity index is 1.59. The van der Waals surface area contributed by atoms with Crippen molar-refractivity contribution in [2.75, 3.05) is 13.2 Å². The molecule has 0 bridgehead atoms. The molecule has 134 valence electrons. The average molecular weight is 376 g/mol. The molecule has 7 heteroatoms. The Hall–Kier alpha value is -2.74. The van der Waals surface area contributed by atoms with Crippen LogP contribution in [0.1, 0.15) is 5.56 Å². The Morgan fingerprint density at radius 3 is 2.44 bits per heavy atom. The first kappa shape index (κ1) is 16.4. The number of fused-ring (bicyclic) bond motifs is 1. The Bertz CT molecular complexity index is 1070. The van der Waals surface area contributed by atoms with Gasteiger partial charge in [0.25, 0.3) is 5.12 Å². The van der Waals surface area contributed by atoms with Crippen LogP contribution in [-0.4, -0.2) is 33.4 Å². The van der Waals surface area contributed by atoms with E-state index in [2.05, 4.69) is 33.7 Å². The lowest BCUT2D eigenvalue weighted by Gasteiger charge is -2.26. The van der Waals surface area contributed by atoms with Gasteiger partial charge >= 0.3 is 0 Å². The van der Waals surface area contributed by atoms with Gasteiger partial charge in [0.05, 0.1) is 18.9 Å². The van der Waals surface area contributed by atoms with Gasteiger partial charge in [0.15, 0.2) is 0 Å². The van der Waals surface area contributed by atoms with Crippen molar-refractivity contribution in [1.29, 1.82) is 0 Å². The standard InChI is InChI=1S/C20H16N4O2S/c1-2-9-16(10-3-1)20(25-13-14-26-20)27-19-21-22-23-24(19)18-12-6-8-15-7-4-5-11-17(15)18/h1-12H,13-14H2. The van der Waals surface area contributed by atoms with E-state index in [0.29, 0.717) is 18.4 Å². The predicted molar refractivity (Wildman–Crippen MR) is 103 cm³/mol. The zero-order valence-electron chi connectivity index (χ0n) is 14.4. The number of aromatic nitrogens is 4. The van der Waals surface area contributed by atoms with Crippen molar-refractivity contribution in [1.82, 2.24) is 20.2 Å². The number of tetrazole rings is 1. The summed E-state index contributed by atoms with van der Waals surface area (Å²) in [5, 5.41) is 14.2. The molecule has 1 aromatic heterocycles. The van der Waals surface area contributed by atoms with E-state index in [4.69, 9.17) is 9.47 Å². The van der Waals surface area contributed by atoms with Gasteiger partial charge in [-0.3, -0.25) is 0 Å². The summed E-state index contributed by atoms with van der Waals surface area (Å²) in [6.45, 7) is 1.05. The van der Waals surface area contributed by atoms with E-state index in [0.717, 1.165) is 22.0 Å². The van der Waals surface area contributed by atoms with Crippen LogP contribution in [0.25, 0.3) is 16.5 Å². The van der Waals surface area contributed by atoms with E-state index in [1.807, 2.05) is 54.6 Å². The number of thioether (sulfide) groups is 1. The SMILES string of the molecule is c1ccc(C2(Sc3nnnn3-c3cccc4ccccc34)OCCO2)cc1. The Kier molecular flexibility index (Phi) is 4.12. The third-order valence-corrected chi connectivity index (χ3v) is 5.63. The molecule has 4 aromatic rings. The number of nitrogens with zero attached hydrogens (tertiary/aromatic N) is 4. The lowest BCUT2D eigenvalue weighted by Crippen LogP contribution is -2.23. The molecule has 0 unspecified atom stereocenters. The highest BCUT2D eigenvalue weighted by atomic mass is 32.2. The molecule has 27 heavy (non-hydrogen) atoms. The molecule has 0 saturated carbocycles. The van der Waals surface area contributed by atoms with Crippen LogP contribution in [-0.2, 0) is 14.6 Å². The molecule has 0 atom stereocenters. The minimum Gasteiger partial charge on any atom is -0.335 e. The molecule has 0 N–H and O–H groups in total. The lowest BCUT2D eigenvalue weighted by atomic mass is 10.1. The second-order valence-corrected chi connectivity index (χ2v) is 7.20. The maximum Gasteiger partial charge on any atom is 0.253 e. The fourth-order valence-electron chi connectivity index (χ4n) is 3.23. The summed E-state index contributed by atoms with van der Waals surface area (Å²) in [4.78, 5) is 0. The maximum atomic E-state index is 6.01. The van der Waals surface area contributed by atoms with Crippen molar-refractivity contribution in [3.05, 3.63) is 78.4 Å². The average Bonchev–Trinajstić information content (AvgIpc) is 3.39. The number of hydrogen-bond donors (Lipinski definition) is 0. The zero-order chi connectivity index (χ0) is 18.1. The second-order valence-electron chi connectivity index (χ2n) is 6.09. The first-order chi connectivity index (χ1) is 13.4. The summed E-state index contributed by atoms with van der Waals surface area (Å²) in [6.07, 6.45) is 0. The summed E-state index contributed by atoms with van der Waals surface area (Å²) in [6, 6.07) is 24.1. The normalized spacial score (nSPS) is 16.0. The topological polar surface area (TPSA) is 62.1 Å². The third-order valence-electron chi connectivity index (χ3n) is 4.46. The number of benzene rings is 3. The first-order valence-electron chi connectivity index (χ1n) is 8.65. The van der Waals surface area contributed by atoms with E-state index in [1.54, 1.807) is 4.68 Å². The van der Waals surface area contributed by atoms with Crippen molar-refractivity contribution >= 4 is 22.5 Å². The van der Waals surface area contributed by atoms with E-state index < -0.39 is 5.12 Å². The maximum absolute atomic E-state index is 6.01. The van der Waals surface area contributed by atoms with E-state index in [-0.39, 0.29) is 0 Å². The second kappa shape index (κ2) is 6.77. The summed E-state index contributed by atoms with van der Waals surface area (Å²) < 4.78 is 13.8. The molecule has 1 fully saturated rings. The predicted octanol–water partition coefficient (Wildman–Crippen LogP) is 3.76. The van der Waals surface area contributed by atoms with Crippen LogP contribution >= 0.6 is 11.8 Å². The zero-order valence-corrected chi connectivity index (χ0v) is 15.2. The van der Waals surface area contributed by atoms with Crippen LogP contribution in [0.5, 0.6) is 0 Å². The molecule has 1 aliphatic heterocycles. The summed E-state index contributed by atoms with van der Waals surface area (Å²) in [5.41, 5.74) is 1.85. The van der Waals surface area contributed by atoms with Crippen LogP contribution in [0.3, 0.4) is 0 Å². The molecular formula is C20H16N4O2S. The highest BCUT2D eigenvalue weighted by molar-refractivity contribution is 7.99. The number of rotatable bonds is 4. The highest BCUT2D eigenvalue weighted by Crippen LogP contribution is 2.45. The molecule has 2 heterocycles. The van der Waals surface area contributed by atoms with E-state index in [1.165, 1.54) is 11.8 Å². The van der Waals surface area contributed by atoms with Crippen LogP contribution in [0.15, 0.2) is 78.0 Å². The van der Waals surface area contributed by atoms with Crippen molar-refractivity contribution in [3.8, 4) is 5.69 Å². The van der Waals surface area contributed by atoms with Gasteiger partial charge in [0, 0.05) is 10.9 Å². The molecule has 6 nitrogen and oxygen atoms in total. The molecule has 0 spiro atoms. The molecule has 0 radical (unpaired) electrons. The van der Waals surface area contributed by atoms with E-state index in [9.17, 15) is 0 Å². The highest BCUT2D eigenvalue weighted by Gasteiger charge is 2.42. The molecule has 3 aromatic carbocycles. The van der Waals surface area contributed by atoms with Crippen molar-refractivity contribution in [2.24, 2.45) is 0 Å². The van der Waals surface area contributed by atoms with E-state index >= 15 is 0 Å². The summed E-state index contributed by atoms with van der Waals surface area (Å²) in [7, 11) is 0. The van der Waals surface area contributed by atoms with Gasteiger partial charge in [0.2, 0.25) is 5.16 Å². The molecule has 1 saturated heterocycles. The van der Waals surface area contributed by atoms with Crippen LogP contribution < -0.4 is 0 Å². The fraction of sp³-hybridized carbons (Fsp3) is 0.150. The van der Waals surface area contributed by atoms with Gasteiger partial charge in [-0.2, -0.15) is 4.68 Å². The van der Waals surface area contributed by atoms with Crippen molar-refractivity contribution < 1.29 is 9.47 Å². The molecule has 1 aliphatic rings. The van der Waals surface area contributed by atoms with Gasteiger partial charge in [-0.05, 0) is 33.6 Å². The molecule has 0 amide bonds. The van der Waals surface area contributed by atoms with Gasteiger partial charge in [-0.15, -0.1) is 5.10 Å². The molecular weight excluding hydrogens is 360 g/mol. The van der Waals surface area contributed by atoms with Gasteiger partial charge in [-0.25, -0.2) is 0 Å². The Morgan fingerprint density at radius 1 is 0.852 bits per heavy atom. The van der Waals surface area contributed by atoms with Crippen LogP contribution in [0.4, 0.5) is 0 Å². The third kappa shape index (κ3) is 2.90. The van der Waals surface area contributed by atoms with Gasteiger partial charge in [0.1, 0.15) is 0 Å². The molecule has 5 rings (SSSR count). The Morgan fingerprint density at radius 2 is 1.59 bits per heavy atom. The fourth-order valence-corrected chi connectivity index (χ4v) is 4.30. The van der Waals surface area contributed by atoms with Crippen molar-refractivity contribution in [3.63, 3.8) is 0 Å². The van der Waals surface area contributed by atoms with Gasteiger partial charge in [-0.1, -0.05) is 66.7 Å². The first-order valence-corrected chi connectivity index (χ1v) is 9.46. The monoisotopic (exact) mass is 376 g/mol. The minimum absolute atomic E-state index is 0.526. The van der Waals surface area contributed by atoms with Crippen molar-refractivity contribution in [2.45, 2.75) is 10.3 Å². The van der Waals surface area contributed by atoms with Gasteiger partial charge < -0.3 is 9.47 Å². The van der Waals surface area contributed by atoms with Crippen LogP contribution in [0.2, 0.25) is 0 Å². The van der Waals surface area contributed by atoms with Crippen LogP contribution in [0, 0.1) is 0 Å². The molecule has 0 aliphatic carbocycles. The lowest BCUT2D eigenvalue weighted by molar-refractivity contribution is -0.0818. The Labute approximate surface area is 160 Å². The quantitative estimate of drug-likeness (QED) is 0.540. The smallest absolute Gasteiger partial charge is 0.253 e. The summed E-state index contributed by atoms with van der Waals surface area (Å²) >= 11 is 1.37. The largest absolute Gasteiger partial charge is 0.335 e. The summed E-state index contributed by atoms with van der Waals surface area (Å²) in [5.74, 6) is 0. The number of hydrogen-bond acceptors (Lipinski definition) is 6. The minimum atomic E-state index is -0.946.